The van der Waals surface area contributed by atoms with Gasteiger partial charge in [0, 0.05) is 0 Å². The zero-order valence-corrected chi connectivity index (χ0v) is 5.73. The number of ether oxygens (including phenoxy) is 1. The van der Waals surface area contributed by atoms with Gasteiger partial charge in [0.1, 0.15) is 5.38 Å². The Kier molecular flexibility index (Phi) is 3.61. The Morgan fingerprint density at radius 2 is 2.38 bits per heavy atom. The molecule has 0 radical (unpaired) electrons. The highest BCUT2D eigenvalue weighted by molar-refractivity contribution is 6.29. The van der Waals surface area contributed by atoms with Gasteiger partial charge in [0.25, 0.3) is 0 Å². The largest absolute Gasteiger partial charge is 0.468 e. The molecule has 0 bridgehead atoms. The zero-order chi connectivity index (χ0) is 6.57. The first-order valence-corrected chi connectivity index (χ1v) is 2.88. The van der Waals surface area contributed by atoms with Crippen LogP contribution < -0.4 is 0 Å². The predicted molar refractivity (Wildman–Crippen MR) is 31.9 cm³/mol. The second-order valence-corrected chi connectivity index (χ2v) is 1.93. The molecule has 0 fully saturated rings. The van der Waals surface area contributed by atoms with E-state index < -0.39 is 5.38 Å². The van der Waals surface area contributed by atoms with Crippen LogP contribution in [0.4, 0.5) is 0 Å². The lowest BCUT2D eigenvalue weighted by Gasteiger charge is -2.00. The van der Waals surface area contributed by atoms with Crippen molar-refractivity contribution in [2.75, 3.05) is 7.11 Å². The molecule has 0 aromatic heterocycles. The van der Waals surface area contributed by atoms with Gasteiger partial charge in [-0.2, -0.15) is 0 Å². The van der Waals surface area contributed by atoms with Gasteiger partial charge in [-0.25, -0.2) is 0 Å². The average molecular weight is 137 g/mol. The van der Waals surface area contributed by atoms with Crippen LogP contribution in [0.1, 0.15) is 13.3 Å². The van der Waals surface area contributed by atoms with Gasteiger partial charge < -0.3 is 4.74 Å². The van der Waals surface area contributed by atoms with Crippen molar-refractivity contribution in [2.45, 2.75) is 18.7 Å². The smallest absolute Gasteiger partial charge is 0.323 e. The van der Waals surface area contributed by atoms with Crippen LogP contribution in [0.3, 0.4) is 0 Å². The van der Waals surface area contributed by atoms with Gasteiger partial charge in [-0.15, -0.1) is 11.6 Å². The molecule has 2 nitrogen and oxygen atoms in total. The van der Waals surface area contributed by atoms with Crippen molar-refractivity contribution >= 4 is 17.6 Å². The molecule has 1 atom stereocenters. The monoisotopic (exact) mass is 136 g/mol. The Bertz CT molecular complexity index is 82.5. The van der Waals surface area contributed by atoms with Crippen LogP contribution in [-0.4, -0.2) is 18.5 Å². The Morgan fingerprint density at radius 3 is 2.50 bits per heavy atom. The normalized spacial score (nSPS) is 12.9. The molecule has 0 saturated heterocycles. The average Bonchev–Trinajstić information content (AvgIpc) is 1.84. The van der Waals surface area contributed by atoms with E-state index in [1.165, 1.54) is 7.11 Å². The van der Waals surface area contributed by atoms with Gasteiger partial charge in [0.15, 0.2) is 0 Å². The third-order valence-electron chi connectivity index (χ3n) is 0.815. The summed E-state index contributed by atoms with van der Waals surface area (Å²) in [6, 6.07) is 0. The maximum absolute atomic E-state index is 10.4. The van der Waals surface area contributed by atoms with Crippen LogP contribution in [0.15, 0.2) is 0 Å². The van der Waals surface area contributed by atoms with Crippen molar-refractivity contribution in [3.63, 3.8) is 0 Å². The highest BCUT2D eigenvalue weighted by Crippen LogP contribution is 2.01. The molecule has 3 heteroatoms. The maximum Gasteiger partial charge on any atom is 0.323 e. The van der Waals surface area contributed by atoms with Crippen molar-refractivity contribution in [3.05, 3.63) is 0 Å². The summed E-state index contributed by atoms with van der Waals surface area (Å²) in [6.45, 7) is 1.83. The zero-order valence-electron chi connectivity index (χ0n) is 4.98. The third kappa shape index (κ3) is 2.17. The molecule has 0 spiro atoms. The van der Waals surface area contributed by atoms with E-state index in [1.807, 2.05) is 6.92 Å². The topological polar surface area (TPSA) is 26.3 Å². The van der Waals surface area contributed by atoms with Crippen molar-refractivity contribution in [1.29, 1.82) is 0 Å². The molecular weight excluding hydrogens is 128 g/mol. The van der Waals surface area contributed by atoms with E-state index >= 15 is 0 Å². The van der Waals surface area contributed by atoms with Crippen LogP contribution >= 0.6 is 11.6 Å². The highest BCUT2D eigenvalue weighted by atomic mass is 35.5. The Balaban J connectivity index is 3.46. The van der Waals surface area contributed by atoms with Crippen LogP contribution in [0.2, 0.25) is 0 Å². The van der Waals surface area contributed by atoms with E-state index in [0.717, 1.165) is 0 Å². The molecule has 0 amide bonds. The number of halogens is 1. The van der Waals surface area contributed by atoms with Gasteiger partial charge in [-0.05, 0) is 6.42 Å². The number of hydrogen-bond acceptors (Lipinski definition) is 2. The van der Waals surface area contributed by atoms with E-state index in [0.29, 0.717) is 6.42 Å². The molecule has 0 aromatic carbocycles. The summed E-state index contributed by atoms with van der Waals surface area (Å²) in [7, 11) is 1.33. The molecule has 0 aliphatic rings. The fraction of sp³-hybridized carbons (Fsp3) is 0.800. The fourth-order valence-corrected chi connectivity index (χ4v) is 0.384. The first kappa shape index (κ1) is 7.76. The standard InChI is InChI=1S/C5H9ClO2/c1-3-4(6)5(7)8-2/h4H,3H2,1-2H3/t4-/m1/s1. The van der Waals surface area contributed by atoms with E-state index in [9.17, 15) is 4.79 Å². The number of methoxy groups -OCH3 is 1. The highest BCUT2D eigenvalue weighted by Gasteiger charge is 2.11. The number of carbonyl (C=O) groups excluding carboxylic acids is 1. The molecule has 48 valence electrons. The van der Waals surface area contributed by atoms with E-state index in [4.69, 9.17) is 11.6 Å². The first-order valence-electron chi connectivity index (χ1n) is 2.44. The SMILES string of the molecule is CC[C@@H](Cl)C(=O)OC. The summed E-state index contributed by atoms with van der Waals surface area (Å²) in [5.41, 5.74) is 0. The lowest BCUT2D eigenvalue weighted by atomic mass is 10.3. The lowest BCUT2D eigenvalue weighted by Crippen LogP contribution is -2.14. The number of esters is 1. The molecule has 0 heterocycles. The molecule has 0 aliphatic heterocycles. The van der Waals surface area contributed by atoms with Crippen molar-refractivity contribution in [2.24, 2.45) is 0 Å². The van der Waals surface area contributed by atoms with Gasteiger partial charge in [0.05, 0.1) is 7.11 Å². The molecule has 0 N–H and O–H groups in total. The summed E-state index contributed by atoms with van der Waals surface area (Å²) < 4.78 is 4.33. The summed E-state index contributed by atoms with van der Waals surface area (Å²) in [6.07, 6.45) is 0.619. The van der Waals surface area contributed by atoms with E-state index in [-0.39, 0.29) is 5.97 Å². The maximum atomic E-state index is 10.4. The molecule has 8 heavy (non-hydrogen) atoms. The minimum absolute atomic E-state index is 0.353. The molecule has 0 rings (SSSR count). The quantitative estimate of drug-likeness (QED) is 0.421. The predicted octanol–water partition coefficient (Wildman–Crippen LogP) is 1.18. The second kappa shape index (κ2) is 3.72. The summed E-state index contributed by atoms with van der Waals surface area (Å²) >= 11 is 5.44. The molecule has 0 saturated carbocycles. The van der Waals surface area contributed by atoms with Gasteiger partial charge in [-0.3, -0.25) is 4.79 Å². The van der Waals surface area contributed by atoms with Gasteiger partial charge in [0.2, 0.25) is 0 Å². The van der Waals surface area contributed by atoms with Crippen molar-refractivity contribution in [1.82, 2.24) is 0 Å². The number of hydrogen-bond donors (Lipinski definition) is 0. The Morgan fingerprint density at radius 1 is 1.88 bits per heavy atom. The Hall–Kier alpha value is -0.240. The summed E-state index contributed by atoms with van der Waals surface area (Å²) in [4.78, 5) is 10.4. The molecule has 0 aromatic rings. The number of alkyl halides is 1. The molecule has 0 aliphatic carbocycles. The van der Waals surface area contributed by atoms with Crippen LogP contribution in [0.5, 0.6) is 0 Å². The first-order chi connectivity index (χ1) is 3.72. The minimum atomic E-state index is -0.472. The van der Waals surface area contributed by atoms with Crippen LogP contribution in [0.25, 0.3) is 0 Å². The number of rotatable bonds is 2. The fourth-order valence-electron chi connectivity index (χ4n) is 0.295. The van der Waals surface area contributed by atoms with Crippen LogP contribution in [-0.2, 0) is 9.53 Å². The second-order valence-electron chi connectivity index (χ2n) is 1.40. The van der Waals surface area contributed by atoms with Crippen LogP contribution in [0, 0.1) is 0 Å². The third-order valence-corrected chi connectivity index (χ3v) is 1.30. The minimum Gasteiger partial charge on any atom is -0.468 e. The summed E-state index contributed by atoms with van der Waals surface area (Å²) in [5.74, 6) is -0.353. The number of carbonyl (C=O) groups is 1. The van der Waals surface area contributed by atoms with Crippen molar-refractivity contribution in [3.8, 4) is 0 Å². The van der Waals surface area contributed by atoms with Crippen molar-refractivity contribution < 1.29 is 9.53 Å². The molecular formula is C5H9ClO2. The van der Waals surface area contributed by atoms with E-state index in [1.54, 1.807) is 0 Å². The van der Waals surface area contributed by atoms with Gasteiger partial charge >= 0.3 is 5.97 Å². The van der Waals surface area contributed by atoms with E-state index in [2.05, 4.69) is 4.74 Å². The molecule has 0 unspecified atom stereocenters. The lowest BCUT2D eigenvalue weighted by molar-refractivity contribution is -0.140. The Labute approximate surface area is 53.8 Å². The summed E-state index contributed by atoms with van der Waals surface area (Å²) in [5, 5.41) is -0.472. The van der Waals surface area contributed by atoms with Gasteiger partial charge in [-0.1, -0.05) is 6.92 Å².